The van der Waals surface area contributed by atoms with Crippen LogP contribution in [0.15, 0.2) is 45.3 Å². The molecule has 0 aromatic heterocycles. The van der Waals surface area contributed by atoms with Crippen molar-refractivity contribution < 1.29 is 4.92 Å². The number of hydrogen-bond acceptors (Lipinski definition) is 3. The molecule has 0 fully saturated rings. The van der Waals surface area contributed by atoms with E-state index in [1.165, 1.54) is 12.1 Å². The molecule has 7 heteroatoms. The van der Waals surface area contributed by atoms with Gasteiger partial charge in [-0.1, -0.05) is 49.5 Å². The number of non-ortho nitro benzene ring substituents is 1. The Morgan fingerprint density at radius 2 is 1.95 bits per heavy atom. The average molecular weight is 435 g/mol. The number of nitrogens with one attached hydrogen (secondary N) is 1. The molecule has 1 unspecified atom stereocenters. The average Bonchev–Trinajstić information content (AvgIpc) is 2.40. The van der Waals surface area contributed by atoms with Gasteiger partial charge >= 0.3 is 0 Å². The van der Waals surface area contributed by atoms with E-state index in [2.05, 4.69) is 37.2 Å². The van der Waals surface area contributed by atoms with E-state index in [1.807, 2.05) is 25.1 Å². The molecule has 21 heavy (non-hydrogen) atoms. The van der Waals surface area contributed by atoms with Crippen molar-refractivity contribution in [3.8, 4) is 0 Å². The molecule has 0 radical (unpaired) electrons. The monoisotopic (exact) mass is 432 g/mol. The molecule has 0 saturated carbocycles. The first-order valence-corrected chi connectivity index (χ1v) is 8.00. The zero-order valence-electron chi connectivity index (χ0n) is 10.9. The zero-order valence-corrected chi connectivity index (χ0v) is 14.9. The van der Waals surface area contributed by atoms with Crippen molar-refractivity contribution in [1.82, 2.24) is 0 Å². The number of nitro benzene ring substituents is 1. The fourth-order valence-corrected chi connectivity index (χ4v) is 3.52. The van der Waals surface area contributed by atoms with Crippen LogP contribution in [0.2, 0.25) is 5.02 Å². The van der Waals surface area contributed by atoms with Crippen LogP contribution in [0.5, 0.6) is 0 Å². The van der Waals surface area contributed by atoms with Crippen molar-refractivity contribution in [2.75, 3.05) is 5.32 Å². The Hall–Kier alpha value is -1.11. The van der Waals surface area contributed by atoms with E-state index in [-0.39, 0.29) is 11.7 Å². The molecule has 110 valence electrons. The number of hydrogen-bond donors (Lipinski definition) is 1. The standard InChI is InChI=1S/C14H11Br2ClN2O2/c1-8(11-4-2-9(15)6-12(11)16)18-14-5-3-10(19(20)21)7-13(14)17/h2-8,18H,1H3. The predicted octanol–water partition coefficient (Wildman–Crippen LogP) is 5.95. The number of benzene rings is 2. The maximum Gasteiger partial charge on any atom is 0.271 e. The summed E-state index contributed by atoms with van der Waals surface area (Å²) in [4.78, 5) is 10.2. The van der Waals surface area contributed by atoms with Crippen LogP contribution < -0.4 is 5.32 Å². The Morgan fingerprint density at radius 1 is 1.24 bits per heavy atom. The van der Waals surface area contributed by atoms with Crippen LogP contribution in [0.3, 0.4) is 0 Å². The molecule has 2 aromatic rings. The van der Waals surface area contributed by atoms with Crippen molar-refractivity contribution in [2.45, 2.75) is 13.0 Å². The van der Waals surface area contributed by atoms with Gasteiger partial charge in [0.05, 0.1) is 15.6 Å². The van der Waals surface area contributed by atoms with Crippen LogP contribution >= 0.6 is 43.5 Å². The van der Waals surface area contributed by atoms with E-state index in [0.717, 1.165) is 14.5 Å². The van der Waals surface area contributed by atoms with E-state index >= 15 is 0 Å². The molecular formula is C14H11Br2ClN2O2. The maximum absolute atomic E-state index is 10.7. The lowest BCUT2D eigenvalue weighted by atomic mass is 10.1. The third-order valence-corrected chi connectivity index (χ3v) is 4.46. The molecule has 0 aliphatic carbocycles. The van der Waals surface area contributed by atoms with Crippen molar-refractivity contribution in [2.24, 2.45) is 0 Å². The predicted molar refractivity (Wildman–Crippen MR) is 92.0 cm³/mol. The number of anilines is 1. The first-order chi connectivity index (χ1) is 9.88. The van der Waals surface area contributed by atoms with Gasteiger partial charge in [-0.05, 0) is 30.7 Å². The smallest absolute Gasteiger partial charge is 0.271 e. The molecule has 0 saturated heterocycles. The van der Waals surface area contributed by atoms with Gasteiger partial charge in [0.25, 0.3) is 5.69 Å². The summed E-state index contributed by atoms with van der Waals surface area (Å²) in [7, 11) is 0. The topological polar surface area (TPSA) is 55.2 Å². The van der Waals surface area contributed by atoms with Crippen molar-refractivity contribution in [3.05, 3.63) is 66.0 Å². The molecule has 0 heterocycles. The van der Waals surface area contributed by atoms with E-state index in [9.17, 15) is 10.1 Å². The number of nitro groups is 1. The normalized spacial score (nSPS) is 12.0. The summed E-state index contributed by atoms with van der Waals surface area (Å²) in [6, 6.07) is 10.3. The second-order valence-corrected chi connectivity index (χ2v) is 6.63. The van der Waals surface area contributed by atoms with Crippen LogP contribution in [0.4, 0.5) is 11.4 Å². The lowest BCUT2D eigenvalue weighted by Crippen LogP contribution is -2.07. The summed E-state index contributed by atoms with van der Waals surface area (Å²) in [5.74, 6) is 0. The SMILES string of the molecule is CC(Nc1ccc([N+](=O)[O-])cc1Cl)c1ccc(Br)cc1Br. The first kappa shape index (κ1) is 16.3. The fourth-order valence-electron chi connectivity index (χ4n) is 1.90. The Kier molecular flexibility index (Phi) is 5.24. The second kappa shape index (κ2) is 6.77. The van der Waals surface area contributed by atoms with Gasteiger partial charge in [0.1, 0.15) is 0 Å². The summed E-state index contributed by atoms with van der Waals surface area (Å²) < 4.78 is 1.95. The van der Waals surface area contributed by atoms with Crippen LogP contribution in [0, 0.1) is 10.1 Å². The van der Waals surface area contributed by atoms with E-state index in [0.29, 0.717) is 10.7 Å². The van der Waals surface area contributed by atoms with Gasteiger partial charge in [0, 0.05) is 27.1 Å². The van der Waals surface area contributed by atoms with Gasteiger partial charge in [0.15, 0.2) is 0 Å². The van der Waals surface area contributed by atoms with Gasteiger partial charge in [0.2, 0.25) is 0 Å². The molecule has 0 aliphatic heterocycles. The lowest BCUT2D eigenvalue weighted by molar-refractivity contribution is -0.384. The van der Waals surface area contributed by atoms with Gasteiger partial charge in [-0.25, -0.2) is 0 Å². The Balaban J connectivity index is 2.23. The third-order valence-electron chi connectivity index (χ3n) is 2.96. The van der Waals surface area contributed by atoms with E-state index in [1.54, 1.807) is 6.07 Å². The Bertz CT molecular complexity index is 695. The minimum absolute atomic E-state index is 0.00793. The minimum atomic E-state index is -0.468. The highest BCUT2D eigenvalue weighted by Crippen LogP contribution is 2.32. The first-order valence-electron chi connectivity index (χ1n) is 6.04. The minimum Gasteiger partial charge on any atom is -0.377 e. The maximum atomic E-state index is 10.7. The molecule has 4 nitrogen and oxygen atoms in total. The van der Waals surface area contributed by atoms with Gasteiger partial charge in [-0.3, -0.25) is 10.1 Å². The molecule has 0 aliphatic rings. The van der Waals surface area contributed by atoms with Crippen LogP contribution in [-0.4, -0.2) is 4.92 Å². The molecule has 1 atom stereocenters. The van der Waals surface area contributed by atoms with Crippen LogP contribution in [0.1, 0.15) is 18.5 Å². The van der Waals surface area contributed by atoms with Crippen molar-refractivity contribution in [1.29, 1.82) is 0 Å². The molecule has 0 amide bonds. The Labute approximate surface area is 143 Å². The highest BCUT2D eigenvalue weighted by Gasteiger charge is 2.13. The highest BCUT2D eigenvalue weighted by molar-refractivity contribution is 9.11. The van der Waals surface area contributed by atoms with Crippen LogP contribution in [0.25, 0.3) is 0 Å². The molecular weight excluding hydrogens is 423 g/mol. The Morgan fingerprint density at radius 3 is 2.52 bits per heavy atom. The molecule has 0 bridgehead atoms. The molecule has 2 rings (SSSR count). The largest absolute Gasteiger partial charge is 0.377 e. The molecule has 2 aromatic carbocycles. The number of halogens is 3. The summed E-state index contributed by atoms with van der Waals surface area (Å²) in [5, 5.41) is 14.3. The van der Waals surface area contributed by atoms with Gasteiger partial charge in [-0.15, -0.1) is 0 Å². The third kappa shape index (κ3) is 3.96. The summed E-state index contributed by atoms with van der Waals surface area (Å²) in [6.07, 6.45) is 0. The summed E-state index contributed by atoms with van der Waals surface area (Å²) in [6.45, 7) is 1.99. The van der Waals surface area contributed by atoms with Crippen LogP contribution in [-0.2, 0) is 0 Å². The van der Waals surface area contributed by atoms with Gasteiger partial charge < -0.3 is 5.32 Å². The highest BCUT2D eigenvalue weighted by atomic mass is 79.9. The zero-order chi connectivity index (χ0) is 15.6. The quantitative estimate of drug-likeness (QED) is 0.478. The summed E-state index contributed by atoms with van der Waals surface area (Å²) in [5.41, 5.74) is 1.69. The van der Waals surface area contributed by atoms with Crippen molar-refractivity contribution in [3.63, 3.8) is 0 Å². The van der Waals surface area contributed by atoms with E-state index < -0.39 is 4.92 Å². The summed E-state index contributed by atoms with van der Waals surface area (Å²) >= 11 is 13.0. The molecule has 1 N–H and O–H groups in total. The second-order valence-electron chi connectivity index (χ2n) is 4.45. The number of rotatable bonds is 4. The molecule has 0 spiro atoms. The number of nitrogens with zero attached hydrogens (tertiary/aromatic N) is 1. The van der Waals surface area contributed by atoms with Crippen molar-refractivity contribution >= 4 is 54.8 Å². The lowest BCUT2D eigenvalue weighted by Gasteiger charge is -2.18. The fraction of sp³-hybridized carbons (Fsp3) is 0.143. The van der Waals surface area contributed by atoms with Gasteiger partial charge in [-0.2, -0.15) is 0 Å². The van der Waals surface area contributed by atoms with E-state index in [4.69, 9.17) is 11.6 Å².